The highest BCUT2D eigenvalue weighted by atomic mass is 19.4. The van der Waals surface area contributed by atoms with Crippen LogP contribution < -0.4 is 5.73 Å². The number of benzene rings is 1. The zero-order valence-corrected chi connectivity index (χ0v) is 7.75. The van der Waals surface area contributed by atoms with Gasteiger partial charge in [0.05, 0.1) is 0 Å². The predicted molar refractivity (Wildman–Crippen MR) is 50.6 cm³/mol. The van der Waals surface area contributed by atoms with Gasteiger partial charge in [-0.1, -0.05) is 24.3 Å². The maximum absolute atomic E-state index is 12.6. The highest BCUT2D eigenvalue weighted by Crippen LogP contribution is 2.47. The van der Waals surface area contributed by atoms with E-state index in [1.165, 1.54) is 12.1 Å². The standard InChI is InChI=1S/C10H9F3N2/c11-10(12,13)9(6-15-9)8-3-1-7(5-14)2-4-8/h1-4,6H,5,14H2. The van der Waals surface area contributed by atoms with Gasteiger partial charge in [-0.15, -0.1) is 0 Å². The number of halogens is 3. The van der Waals surface area contributed by atoms with Crippen molar-refractivity contribution in [2.45, 2.75) is 18.3 Å². The second kappa shape index (κ2) is 3.06. The summed E-state index contributed by atoms with van der Waals surface area (Å²) in [6.07, 6.45) is -3.43. The molecule has 1 aromatic carbocycles. The van der Waals surface area contributed by atoms with E-state index in [9.17, 15) is 13.2 Å². The SMILES string of the molecule is NCc1ccc(C2(C(F)(F)F)C=N2)cc1. The largest absolute Gasteiger partial charge is 0.422 e. The molecule has 1 aliphatic heterocycles. The van der Waals surface area contributed by atoms with Gasteiger partial charge in [-0.25, -0.2) is 0 Å². The van der Waals surface area contributed by atoms with Gasteiger partial charge in [-0.05, 0) is 11.1 Å². The van der Waals surface area contributed by atoms with Crippen LogP contribution in [0.5, 0.6) is 0 Å². The summed E-state index contributed by atoms with van der Waals surface area (Å²) in [6, 6.07) is 6.01. The van der Waals surface area contributed by atoms with E-state index in [0.29, 0.717) is 6.54 Å². The van der Waals surface area contributed by atoms with Crippen LogP contribution in [0.4, 0.5) is 13.2 Å². The van der Waals surface area contributed by atoms with E-state index >= 15 is 0 Å². The maximum Gasteiger partial charge on any atom is 0.422 e. The second-order valence-corrected chi connectivity index (χ2v) is 3.42. The minimum Gasteiger partial charge on any atom is -0.326 e. The minimum absolute atomic E-state index is 0.146. The quantitative estimate of drug-likeness (QED) is 0.803. The van der Waals surface area contributed by atoms with Gasteiger partial charge in [0.25, 0.3) is 0 Å². The summed E-state index contributed by atoms with van der Waals surface area (Å²) in [7, 11) is 0. The summed E-state index contributed by atoms with van der Waals surface area (Å²) < 4.78 is 37.8. The molecule has 1 heterocycles. The Morgan fingerprint density at radius 2 is 1.73 bits per heavy atom. The summed E-state index contributed by atoms with van der Waals surface area (Å²) in [4.78, 5) is 3.35. The topological polar surface area (TPSA) is 38.4 Å². The molecule has 0 radical (unpaired) electrons. The molecule has 0 bridgehead atoms. The van der Waals surface area contributed by atoms with Crippen molar-refractivity contribution in [3.63, 3.8) is 0 Å². The molecule has 2 nitrogen and oxygen atoms in total. The Balaban J connectivity index is 2.31. The average molecular weight is 214 g/mol. The Bertz CT molecular complexity index is 386. The number of aliphatic imine (C=N–C) groups is 1. The van der Waals surface area contributed by atoms with Crippen molar-refractivity contribution in [1.29, 1.82) is 0 Å². The van der Waals surface area contributed by atoms with Crippen LogP contribution in [0, 0.1) is 0 Å². The molecule has 0 aliphatic carbocycles. The zero-order chi connectivity index (χ0) is 11.1. The highest BCUT2D eigenvalue weighted by Gasteiger charge is 2.61. The highest BCUT2D eigenvalue weighted by molar-refractivity contribution is 5.87. The predicted octanol–water partition coefficient (Wildman–Crippen LogP) is 1.99. The molecular weight excluding hydrogens is 205 g/mol. The monoisotopic (exact) mass is 214 g/mol. The second-order valence-electron chi connectivity index (χ2n) is 3.42. The molecule has 15 heavy (non-hydrogen) atoms. The Hall–Kier alpha value is -1.36. The molecule has 1 atom stereocenters. The number of hydrogen-bond donors (Lipinski definition) is 1. The number of rotatable bonds is 2. The van der Waals surface area contributed by atoms with Crippen LogP contribution in [-0.4, -0.2) is 12.4 Å². The van der Waals surface area contributed by atoms with Gasteiger partial charge in [0.2, 0.25) is 5.54 Å². The first-order valence-corrected chi connectivity index (χ1v) is 4.42. The van der Waals surface area contributed by atoms with Gasteiger partial charge in [-0.2, -0.15) is 13.2 Å². The van der Waals surface area contributed by atoms with Gasteiger partial charge in [0.1, 0.15) is 0 Å². The van der Waals surface area contributed by atoms with E-state index in [2.05, 4.69) is 4.99 Å². The smallest absolute Gasteiger partial charge is 0.326 e. The number of alkyl halides is 3. The molecule has 0 saturated heterocycles. The third-order valence-electron chi connectivity index (χ3n) is 2.45. The fourth-order valence-corrected chi connectivity index (χ4v) is 1.42. The molecule has 0 saturated carbocycles. The lowest BCUT2D eigenvalue weighted by atomic mass is 9.96. The number of nitrogens with two attached hydrogens (primary N) is 1. The Morgan fingerprint density at radius 3 is 2.07 bits per heavy atom. The summed E-state index contributed by atoms with van der Waals surface area (Å²) in [5.41, 5.74) is 4.24. The molecule has 0 fully saturated rings. The van der Waals surface area contributed by atoms with Crippen molar-refractivity contribution in [3.05, 3.63) is 35.4 Å². The summed E-state index contributed by atoms with van der Waals surface area (Å²) in [5, 5.41) is 0. The van der Waals surface area contributed by atoms with Gasteiger partial charge < -0.3 is 5.73 Å². The van der Waals surface area contributed by atoms with E-state index in [1.54, 1.807) is 12.1 Å². The lowest BCUT2D eigenvalue weighted by Gasteiger charge is -2.17. The third kappa shape index (κ3) is 1.52. The van der Waals surface area contributed by atoms with Crippen molar-refractivity contribution in [2.24, 2.45) is 10.7 Å². The Kier molecular flexibility index (Phi) is 2.08. The first-order chi connectivity index (χ1) is 6.99. The van der Waals surface area contributed by atoms with E-state index in [-0.39, 0.29) is 5.56 Å². The molecule has 0 amide bonds. The summed E-state index contributed by atoms with van der Waals surface area (Å²) in [5.74, 6) is 0. The first kappa shape index (κ1) is 10.2. The van der Waals surface area contributed by atoms with Crippen LogP contribution in [0.1, 0.15) is 11.1 Å². The van der Waals surface area contributed by atoms with Crippen molar-refractivity contribution in [1.82, 2.24) is 0 Å². The van der Waals surface area contributed by atoms with Gasteiger partial charge in [0, 0.05) is 12.8 Å². The first-order valence-electron chi connectivity index (χ1n) is 4.42. The molecular formula is C10H9F3N2. The lowest BCUT2D eigenvalue weighted by molar-refractivity contribution is -0.156. The molecule has 2 rings (SSSR count). The molecule has 0 aromatic heterocycles. The van der Waals surface area contributed by atoms with Gasteiger partial charge in [0.15, 0.2) is 0 Å². The molecule has 2 N–H and O–H groups in total. The Morgan fingerprint density at radius 1 is 1.20 bits per heavy atom. The normalized spacial score (nSPS) is 24.3. The van der Waals surface area contributed by atoms with E-state index < -0.39 is 11.7 Å². The van der Waals surface area contributed by atoms with Gasteiger partial charge in [-0.3, -0.25) is 4.99 Å². The maximum atomic E-state index is 12.6. The van der Waals surface area contributed by atoms with Crippen LogP contribution in [0.25, 0.3) is 0 Å². The minimum atomic E-state index is -4.35. The summed E-state index contributed by atoms with van der Waals surface area (Å²) >= 11 is 0. The van der Waals surface area contributed by atoms with Crippen LogP contribution >= 0.6 is 0 Å². The lowest BCUT2D eigenvalue weighted by Crippen LogP contribution is -2.31. The van der Waals surface area contributed by atoms with Crippen LogP contribution in [-0.2, 0) is 12.1 Å². The average Bonchev–Trinajstić information content (AvgIpc) is 2.98. The van der Waals surface area contributed by atoms with Crippen LogP contribution in [0.15, 0.2) is 29.3 Å². The molecule has 1 aliphatic rings. The molecule has 1 unspecified atom stereocenters. The van der Waals surface area contributed by atoms with E-state index in [1.807, 2.05) is 0 Å². The van der Waals surface area contributed by atoms with Crippen molar-refractivity contribution >= 4 is 6.21 Å². The summed E-state index contributed by atoms with van der Waals surface area (Å²) in [6.45, 7) is 0.320. The van der Waals surface area contributed by atoms with Crippen molar-refractivity contribution < 1.29 is 13.2 Å². The van der Waals surface area contributed by atoms with Gasteiger partial charge >= 0.3 is 6.18 Å². The van der Waals surface area contributed by atoms with Crippen molar-refractivity contribution in [2.75, 3.05) is 0 Å². The third-order valence-corrected chi connectivity index (χ3v) is 2.45. The number of hydrogen-bond acceptors (Lipinski definition) is 2. The molecule has 1 aromatic rings. The number of nitrogens with zero attached hydrogens (tertiary/aromatic N) is 1. The van der Waals surface area contributed by atoms with E-state index in [0.717, 1.165) is 11.8 Å². The molecule has 0 spiro atoms. The van der Waals surface area contributed by atoms with Crippen LogP contribution in [0.2, 0.25) is 0 Å². The molecule has 5 heteroatoms. The molecule has 80 valence electrons. The van der Waals surface area contributed by atoms with Crippen LogP contribution in [0.3, 0.4) is 0 Å². The van der Waals surface area contributed by atoms with E-state index in [4.69, 9.17) is 5.73 Å². The van der Waals surface area contributed by atoms with Crippen molar-refractivity contribution in [3.8, 4) is 0 Å². The fourth-order valence-electron chi connectivity index (χ4n) is 1.42. The Labute approximate surface area is 84.6 Å². The fraction of sp³-hybridized carbons (Fsp3) is 0.300. The zero-order valence-electron chi connectivity index (χ0n) is 7.75.